The van der Waals surface area contributed by atoms with Crippen molar-refractivity contribution in [2.75, 3.05) is 0 Å². The fourth-order valence-corrected chi connectivity index (χ4v) is 4.75. The van der Waals surface area contributed by atoms with E-state index in [9.17, 15) is 9.18 Å². The Kier molecular flexibility index (Phi) is 5.27. The van der Waals surface area contributed by atoms with Gasteiger partial charge in [0.05, 0.1) is 12.2 Å². The normalized spacial score (nSPS) is 13.0. The maximum atomic E-state index is 14.0. The van der Waals surface area contributed by atoms with Gasteiger partial charge in [0.15, 0.2) is 0 Å². The van der Waals surface area contributed by atoms with E-state index in [0.717, 1.165) is 36.2 Å². The largest absolute Gasteiger partial charge is 0.349 e. The second kappa shape index (κ2) is 7.82. The van der Waals surface area contributed by atoms with E-state index in [1.165, 1.54) is 17.8 Å². The van der Waals surface area contributed by atoms with Gasteiger partial charge in [-0.25, -0.2) is 9.18 Å². The third-order valence-corrected chi connectivity index (χ3v) is 6.06. The number of nitrogens with zero attached hydrogens (tertiary/aromatic N) is 3. The van der Waals surface area contributed by atoms with Crippen molar-refractivity contribution in [3.63, 3.8) is 0 Å². The highest BCUT2D eigenvalue weighted by Gasteiger charge is 2.22. The van der Waals surface area contributed by atoms with Crippen LogP contribution in [0.15, 0.2) is 52.4 Å². The molecule has 0 saturated heterocycles. The van der Waals surface area contributed by atoms with Gasteiger partial charge in [0.2, 0.25) is 0 Å². The van der Waals surface area contributed by atoms with Crippen molar-refractivity contribution in [1.29, 1.82) is 0 Å². The summed E-state index contributed by atoms with van der Waals surface area (Å²) in [5, 5.41) is 1.08. The number of halogens is 2. The van der Waals surface area contributed by atoms with Crippen molar-refractivity contribution in [3.05, 3.63) is 86.4 Å². The average Bonchev–Trinajstić information content (AvgIpc) is 3.15. The van der Waals surface area contributed by atoms with Gasteiger partial charge in [0.1, 0.15) is 10.8 Å². The standard InChI is InChI=1S/C20H17ClFN3OS/c21-16-7-4-8-17(22)15(16)12-27-19-14-6-3-9-18(14)25(20(26)24-19)11-13-5-1-2-10-23-13/h1-2,4-5,7-8,10H,3,6,9,11-12H2. The van der Waals surface area contributed by atoms with Gasteiger partial charge < -0.3 is 0 Å². The molecule has 0 N–H and O–H groups in total. The molecule has 1 aromatic carbocycles. The molecule has 3 aromatic rings. The topological polar surface area (TPSA) is 47.8 Å². The van der Waals surface area contributed by atoms with Crippen LogP contribution in [0.5, 0.6) is 0 Å². The van der Waals surface area contributed by atoms with Crippen LogP contribution >= 0.6 is 23.4 Å². The molecule has 4 rings (SSSR count). The Labute approximate surface area is 165 Å². The molecule has 0 aliphatic heterocycles. The van der Waals surface area contributed by atoms with E-state index in [1.807, 2.05) is 18.2 Å². The van der Waals surface area contributed by atoms with Gasteiger partial charge in [-0.05, 0) is 43.5 Å². The monoisotopic (exact) mass is 401 g/mol. The third-order valence-electron chi connectivity index (χ3n) is 4.66. The number of rotatable bonds is 5. The lowest BCUT2D eigenvalue weighted by atomic mass is 10.2. The summed E-state index contributed by atoms with van der Waals surface area (Å²) in [7, 11) is 0. The maximum Gasteiger partial charge on any atom is 0.349 e. The Morgan fingerprint density at radius 1 is 1.19 bits per heavy atom. The Balaban J connectivity index is 1.65. The quantitative estimate of drug-likeness (QED) is 0.473. The lowest BCUT2D eigenvalue weighted by Gasteiger charge is -2.14. The SMILES string of the molecule is O=c1nc(SCc2c(F)cccc2Cl)c2c(n1Cc1ccccn1)CCC2. The van der Waals surface area contributed by atoms with Crippen LogP contribution in [0.1, 0.15) is 28.9 Å². The van der Waals surface area contributed by atoms with Crippen LogP contribution < -0.4 is 5.69 Å². The highest BCUT2D eigenvalue weighted by Crippen LogP contribution is 2.33. The first kappa shape index (κ1) is 18.2. The summed E-state index contributed by atoms with van der Waals surface area (Å²) < 4.78 is 15.7. The lowest BCUT2D eigenvalue weighted by molar-refractivity contribution is 0.617. The van der Waals surface area contributed by atoms with Crippen molar-refractivity contribution in [2.24, 2.45) is 0 Å². The minimum Gasteiger partial charge on any atom is -0.290 e. The number of benzene rings is 1. The molecule has 7 heteroatoms. The van der Waals surface area contributed by atoms with Crippen molar-refractivity contribution in [1.82, 2.24) is 14.5 Å². The zero-order chi connectivity index (χ0) is 18.8. The molecule has 2 heterocycles. The van der Waals surface area contributed by atoms with Crippen molar-refractivity contribution in [2.45, 2.75) is 36.6 Å². The molecule has 27 heavy (non-hydrogen) atoms. The molecular formula is C20H17ClFN3OS. The van der Waals surface area contributed by atoms with E-state index < -0.39 is 0 Å². The minimum absolute atomic E-state index is 0.288. The van der Waals surface area contributed by atoms with E-state index >= 15 is 0 Å². The molecule has 2 aromatic heterocycles. The Morgan fingerprint density at radius 2 is 2.07 bits per heavy atom. The molecule has 0 bridgehead atoms. The van der Waals surface area contributed by atoms with Gasteiger partial charge in [-0.15, -0.1) is 11.8 Å². The molecule has 0 atom stereocenters. The smallest absolute Gasteiger partial charge is 0.290 e. The zero-order valence-corrected chi connectivity index (χ0v) is 16.1. The summed E-state index contributed by atoms with van der Waals surface area (Å²) in [6.07, 6.45) is 4.42. The molecule has 4 nitrogen and oxygen atoms in total. The fraction of sp³-hybridized carbons (Fsp3) is 0.250. The molecule has 0 radical (unpaired) electrons. The molecule has 0 unspecified atom stereocenters. The average molecular weight is 402 g/mol. The zero-order valence-electron chi connectivity index (χ0n) is 14.5. The second-order valence-electron chi connectivity index (χ2n) is 6.37. The molecule has 0 saturated carbocycles. The summed E-state index contributed by atoms with van der Waals surface area (Å²) >= 11 is 7.49. The van der Waals surface area contributed by atoms with E-state index in [0.29, 0.717) is 27.9 Å². The number of hydrogen-bond donors (Lipinski definition) is 0. The predicted molar refractivity (Wildman–Crippen MR) is 105 cm³/mol. The molecule has 0 spiro atoms. The van der Waals surface area contributed by atoms with Gasteiger partial charge in [0, 0.05) is 33.8 Å². The molecular weight excluding hydrogens is 385 g/mol. The minimum atomic E-state index is -0.338. The van der Waals surface area contributed by atoms with Crippen LogP contribution in [-0.2, 0) is 25.1 Å². The molecule has 1 aliphatic carbocycles. The fourth-order valence-electron chi connectivity index (χ4n) is 3.33. The Bertz CT molecular complexity index is 1020. The lowest BCUT2D eigenvalue weighted by Crippen LogP contribution is -2.28. The summed E-state index contributed by atoms with van der Waals surface area (Å²) in [5.74, 6) is 0.00407. The number of pyridine rings is 1. The van der Waals surface area contributed by atoms with Crippen molar-refractivity contribution in [3.8, 4) is 0 Å². The second-order valence-corrected chi connectivity index (χ2v) is 7.75. The van der Waals surface area contributed by atoms with Crippen LogP contribution in [0.4, 0.5) is 4.39 Å². The van der Waals surface area contributed by atoms with Gasteiger partial charge >= 0.3 is 5.69 Å². The van der Waals surface area contributed by atoms with Gasteiger partial charge in [-0.1, -0.05) is 23.7 Å². The molecule has 0 fully saturated rings. The first-order chi connectivity index (χ1) is 13.1. The van der Waals surface area contributed by atoms with Crippen LogP contribution in [0.3, 0.4) is 0 Å². The summed E-state index contributed by atoms with van der Waals surface area (Å²) in [5.41, 5.74) is 3.08. The first-order valence-corrected chi connectivity index (χ1v) is 10.1. The van der Waals surface area contributed by atoms with Crippen LogP contribution in [0.2, 0.25) is 5.02 Å². The van der Waals surface area contributed by atoms with Crippen LogP contribution in [-0.4, -0.2) is 14.5 Å². The van der Waals surface area contributed by atoms with Crippen LogP contribution in [0.25, 0.3) is 0 Å². The highest BCUT2D eigenvalue weighted by molar-refractivity contribution is 7.98. The van der Waals surface area contributed by atoms with Gasteiger partial charge in [0.25, 0.3) is 0 Å². The van der Waals surface area contributed by atoms with Gasteiger partial charge in [-0.2, -0.15) is 4.98 Å². The Morgan fingerprint density at radius 3 is 2.85 bits per heavy atom. The number of thioether (sulfide) groups is 1. The molecule has 0 amide bonds. The summed E-state index contributed by atoms with van der Waals surface area (Å²) in [6.45, 7) is 0.416. The molecule has 1 aliphatic rings. The highest BCUT2D eigenvalue weighted by atomic mass is 35.5. The number of hydrogen-bond acceptors (Lipinski definition) is 4. The maximum absolute atomic E-state index is 14.0. The van der Waals surface area contributed by atoms with Gasteiger partial charge in [-0.3, -0.25) is 9.55 Å². The summed E-state index contributed by atoms with van der Waals surface area (Å²) in [6, 6.07) is 10.3. The van der Waals surface area contributed by atoms with E-state index in [1.54, 1.807) is 22.9 Å². The van der Waals surface area contributed by atoms with Crippen molar-refractivity contribution >= 4 is 23.4 Å². The van der Waals surface area contributed by atoms with E-state index in [4.69, 9.17) is 11.6 Å². The predicted octanol–water partition coefficient (Wildman–Crippen LogP) is 4.26. The van der Waals surface area contributed by atoms with E-state index in [-0.39, 0.29) is 11.5 Å². The third kappa shape index (κ3) is 3.77. The van der Waals surface area contributed by atoms with Crippen molar-refractivity contribution < 1.29 is 4.39 Å². The van der Waals surface area contributed by atoms with E-state index in [2.05, 4.69) is 9.97 Å². The molecule has 138 valence electrons. The number of fused-ring (bicyclic) bond motifs is 1. The number of aromatic nitrogens is 3. The first-order valence-electron chi connectivity index (χ1n) is 8.71. The Hall–Kier alpha value is -2.18. The summed E-state index contributed by atoms with van der Waals surface area (Å²) in [4.78, 5) is 21.3. The van der Waals surface area contributed by atoms with Crippen LogP contribution in [0, 0.1) is 5.82 Å².